The third-order valence-electron chi connectivity index (χ3n) is 2.59. The Morgan fingerprint density at radius 1 is 1.27 bits per heavy atom. The summed E-state index contributed by atoms with van der Waals surface area (Å²) in [4.78, 5) is 10.2. The fourth-order valence-corrected chi connectivity index (χ4v) is 3.87. The fourth-order valence-electron chi connectivity index (χ4n) is 2.09. The van der Waals surface area contributed by atoms with E-state index in [4.69, 9.17) is 0 Å². The molecule has 2 unspecified atom stereocenters. The molecular weight excluding hydrogens is 158 g/mol. The number of fused-ring (bicyclic) bond motifs is 2. The van der Waals surface area contributed by atoms with Gasteiger partial charge in [0.1, 0.15) is 0 Å². The summed E-state index contributed by atoms with van der Waals surface area (Å²) < 4.78 is 0. The Kier molecular flexibility index (Phi) is 2.07. The van der Waals surface area contributed by atoms with Crippen LogP contribution in [0.25, 0.3) is 0 Å². The quantitative estimate of drug-likeness (QED) is 0.632. The number of hydrogen-bond donors (Lipinski definition) is 1. The Hall–Kier alpha value is -0.180. The molecule has 2 fully saturated rings. The molecule has 1 N–H and O–H groups in total. The molecule has 0 spiro atoms. The molecular formula is C8H13NOS. The highest BCUT2D eigenvalue weighted by Crippen LogP contribution is 2.43. The van der Waals surface area contributed by atoms with E-state index in [1.54, 1.807) is 0 Å². The van der Waals surface area contributed by atoms with Crippen LogP contribution in [0.1, 0.15) is 25.7 Å². The molecule has 3 heteroatoms. The highest BCUT2D eigenvalue weighted by molar-refractivity contribution is 8.00. The standard InChI is InChI=1S/C8H13NOS/c10-5-9-6-3-7-1-2-8(4-6)11-7/h5-8H,1-4H2,(H,9,10). The summed E-state index contributed by atoms with van der Waals surface area (Å²) >= 11 is 2.13. The molecule has 0 saturated carbocycles. The van der Waals surface area contributed by atoms with Gasteiger partial charge >= 0.3 is 0 Å². The molecule has 0 aromatic rings. The molecule has 2 bridgehead atoms. The van der Waals surface area contributed by atoms with Crippen molar-refractivity contribution < 1.29 is 4.79 Å². The predicted octanol–water partition coefficient (Wildman–Crippen LogP) is 1.16. The van der Waals surface area contributed by atoms with Crippen molar-refractivity contribution in [1.82, 2.24) is 5.32 Å². The van der Waals surface area contributed by atoms with E-state index in [-0.39, 0.29) is 0 Å². The molecule has 2 aliphatic heterocycles. The van der Waals surface area contributed by atoms with E-state index in [2.05, 4.69) is 17.1 Å². The summed E-state index contributed by atoms with van der Waals surface area (Å²) in [5, 5.41) is 4.57. The molecule has 0 radical (unpaired) electrons. The van der Waals surface area contributed by atoms with Gasteiger partial charge in [-0.1, -0.05) is 0 Å². The zero-order valence-electron chi connectivity index (χ0n) is 6.45. The second-order valence-electron chi connectivity index (χ2n) is 3.41. The summed E-state index contributed by atoms with van der Waals surface area (Å²) in [6.45, 7) is 0. The highest BCUT2D eigenvalue weighted by Gasteiger charge is 2.34. The van der Waals surface area contributed by atoms with Gasteiger partial charge in [0.2, 0.25) is 6.41 Å². The molecule has 2 rings (SSSR count). The number of thioether (sulfide) groups is 1. The largest absolute Gasteiger partial charge is 0.356 e. The Morgan fingerprint density at radius 3 is 2.45 bits per heavy atom. The smallest absolute Gasteiger partial charge is 0.207 e. The lowest BCUT2D eigenvalue weighted by molar-refractivity contribution is -0.110. The van der Waals surface area contributed by atoms with Crippen molar-refractivity contribution in [3.8, 4) is 0 Å². The Balaban J connectivity index is 1.91. The molecule has 0 aromatic carbocycles. The van der Waals surface area contributed by atoms with Gasteiger partial charge in [-0.3, -0.25) is 4.79 Å². The van der Waals surface area contributed by atoms with Crippen LogP contribution in [0, 0.1) is 0 Å². The SMILES string of the molecule is O=CNC1CC2CCC(C1)S2. The van der Waals surface area contributed by atoms with E-state index in [0.717, 1.165) is 16.9 Å². The zero-order valence-corrected chi connectivity index (χ0v) is 7.27. The third-order valence-corrected chi connectivity index (χ3v) is 4.22. The summed E-state index contributed by atoms with van der Waals surface area (Å²) in [6.07, 6.45) is 5.97. The normalized spacial score (nSPS) is 42.0. The first-order chi connectivity index (χ1) is 5.38. The van der Waals surface area contributed by atoms with E-state index in [1.165, 1.54) is 25.7 Å². The van der Waals surface area contributed by atoms with Gasteiger partial charge in [-0.05, 0) is 25.7 Å². The lowest BCUT2D eigenvalue weighted by Gasteiger charge is -2.26. The second-order valence-corrected chi connectivity index (χ2v) is 5.02. The minimum Gasteiger partial charge on any atom is -0.356 e. The van der Waals surface area contributed by atoms with Crippen LogP contribution in [-0.4, -0.2) is 23.0 Å². The van der Waals surface area contributed by atoms with Crippen molar-refractivity contribution in [2.75, 3.05) is 0 Å². The van der Waals surface area contributed by atoms with Crippen molar-refractivity contribution in [1.29, 1.82) is 0 Å². The maximum absolute atomic E-state index is 10.2. The maximum atomic E-state index is 10.2. The van der Waals surface area contributed by atoms with Crippen molar-refractivity contribution in [3.63, 3.8) is 0 Å². The molecule has 2 aliphatic rings. The number of rotatable bonds is 2. The molecule has 2 heterocycles. The van der Waals surface area contributed by atoms with E-state index < -0.39 is 0 Å². The number of nitrogens with one attached hydrogen (secondary N) is 1. The van der Waals surface area contributed by atoms with Crippen LogP contribution in [0.3, 0.4) is 0 Å². The molecule has 1 amide bonds. The summed E-state index contributed by atoms with van der Waals surface area (Å²) in [5.74, 6) is 0. The minimum absolute atomic E-state index is 0.478. The van der Waals surface area contributed by atoms with Gasteiger partial charge in [0, 0.05) is 16.5 Å². The van der Waals surface area contributed by atoms with Gasteiger partial charge in [-0.15, -0.1) is 0 Å². The second kappa shape index (κ2) is 3.05. The third kappa shape index (κ3) is 1.53. The van der Waals surface area contributed by atoms with Crippen molar-refractivity contribution in [2.45, 2.75) is 42.2 Å². The van der Waals surface area contributed by atoms with Gasteiger partial charge in [0.15, 0.2) is 0 Å². The van der Waals surface area contributed by atoms with Crippen LogP contribution in [0.5, 0.6) is 0 Å². The molecule has 2 saturated heterocycles. The highest BCUT2D eigenvalue weighted by atomic mass is 32.2. The van der Waals surface area contributed by atoms with Gasteiger partial charge in [0.25, 0.3) is 0 Å². The molecule has 62 valence electrons. The molecule has 0 aliphatic carbocycles. The maximum Gasteiger partial charge on any atom is 0.207 e. The molecule has 11 heavy (non-hydrogen) atoms. The van der Waals surface area contributed by atoms with Crippen LogP contribution in [-0.2, 0) is 4.79 Å². The summed E-state index contributed by atoms with van der Waals surface area (Å²) in [5.41, 5.74) is 0. The van der Waals surface area contributed by atoms with Gasteiger partial charge < -0.3 is 5.32 Å². The Bertz CT molecular complexity index is 150. The van der Waals surface area contributed by atoms with Crippen LogP contribution < -0.4 is 5.32 Å². The first kappa shape index (κ1) is 7.47. The Morgan fingerprint density at radius 2 is 1.91 bits per heavy atom. The van der Waals surface area contributed by atoms with Gasteiger partial charge in [0.05, 0.1) is 0 Å². The number of carbonyl (C=O) groups is 1. The van der Waals surface area contributed by atoms with Crippen LogP contribution in [0.2, 0.25) is 0 Å². The average molecular weight is 171 g/mol. The zero-order chi connectivity index (χ0) is 7.68. The van der Waals surface area contributed by atoms with Crippen LogP contribution >= 0.6 is 11.8 Å². The fraction of sp³-hybridized carbons (Fsp3) is 0.875. The predicted molar refractivity (Wildman–Crippen MR) is 46.6 cm³/mol. The molecule has 0 aromatic heterocycles. The lowest BCUT2D eigenvalue weighted by Crippen LogP contribution is -2.34. The first-order valence-corrected chi connectivity index (χ1v) is 5.18. The monoisotopic (exact) mass is 171 g/mol. The first-order valence-electron chi connectivity index (χ1n) is 4.23. The number of carbonyl (C=O) groups excluding carboxylic acids is 1. The summed E-state index contributed by atoms with van der Waals surface area (Å²) in [7, 11) is 0. The topological polar surface area (TPSA) is 29.1 Å². The van der Waals surface area contributed by atoms with E-state index in [0.29, 0.717) is 6.04 Å². The minimum atomic E-state index is 0.478. The van der Waals surface area contributed by atoms with Crippen LogP contribution in [0.4, 0.5) is 0 Å². The molecule has 2 atom stereocenters. The van der Waals surface area contributed by atoms with Crippen molar-refractivity contribution in [3.05, 3.63) is 0 Å². The Labute approximate surface area is 71.1 Å². The summed E-state index contributed by atoms with van der Waals surface area (Å²) in [6, 6.07) is 0.478. The van der Waals surface area contributed by atoms with E-state index >= 15 is 0 Å². The lowest BCUT2D eigenvalue weighted by atomic mass is 10.1. The van der Waals surface area contributed by atoms with Gasteiger partial charge in [-0.25, -0.2) is 0 Å². The molecule has 2 nitrogen and oxygen atoms in total. The number of hydrogen-bond acceptors (Lipinski definition) is 2. The number of amides is 1. The van der Waals surface area contributed by atoms with Crippen LogP contribution in [0.15, 0.2) is 0 Å². The average Bonchev–Trinajstić information content (AvgIpc) is 2.32. The van der Waals surface area contributed by atoms with E-state index in [1.807, 2.05) is 0 Å². The van der Waals surface area contributed by atoms with E-state index in [9.17, 15) is 4.79 Å². The van der Waals surface area contributed by atoms with Gasteiger partial charge in [-0.2, -0.15) is 11.8 Å². The van der Waals surface area contributed by atoms with Crippen molar-refractivity contribution in [2.24, 2.45) is 0 Å². The van der Waals surface area contributed by atoms with Crippen molar-refractivity contribution >= 4 is 18.2 Å².